The van der Waals surface area contributed by atoms with Crippen molar-refractivity contribution in [3.8, 4) is 0 Å². The molecule has 0 spiro atoms. The summed E-state index contributed by atoms with van der Waals surface area (Å²) in [4.78, 5) is 46.3. The molecule has 29 heavy (non-hydrogen) atoms. The molecule has 1 saturated heterocycles. The summed E-state index contributed by atoms with van der Waals surface area (Å²) in [6.07, 6.45) is -3.03. The monoisotopic (exact) mass is 418 g/mol. The normalized spacial score (nSPS) is 28.9. The van der Waals surface area contributed by atoms with Crippen LogP contribution in [-0.4, -0.2) is 65.8 Å². The molecule has 166 valence electrons. The first-order valence-electron chi connectivity index (χ1n) is 9.55. The summed E-state index contributed by atoms with van der Waals surface area (Å²) in [7, 11) is 0. The van der Waals surface area contributed by atoms with Gasteiger partial charge in [0.2, 0.25) is 5.79 Å². The number of carbonyl (C=O) groups is 4. The van der Waals surface area contributed by atoms with Crippen LogP contribution < -0.4 is 0 Å². The Morgan fingerprint density at radius 2 is 1.41 bits per heavy atom. The largest absolute Gasteiger partial charge is 0.463 e. The Labute approximate surface area is 169 Å². The van der Waals surface area contributed by atoms with Crippen molar-refractivity contribution in [3.63, 3.8) is 0 Å². The van der Waals surface area contributed by atoms with Crippen LogP contribution in [0, 0.1) is 0 Å². The third-order valence-electron chi connectivity index (χ3n) is 4.28. The smallest absolute Gasteiger partial charge is 0.303 e. The van der Waals surface area contributed by atoms with E-state index in [0.29, 0.717) is 6.42 Å². The maximum Gasteiger partial charge on any atom is 0.303 e. The van der Waals surface area contributed by atoms with E-state index in [1.807, 2.05) is 6.92 Å². The number of rotatable bonds is 9. The Hall–Kier alpha value is -2.20. The van der Waals surface area contributed by atoms with Crippen LogP contribution in [0.2, 0.25) is 0 Å². The minimum atomic E-state index is -2.04. The Balaban J connectivity index is 3.35. The van der Waals surface area contributed by atoms with E-state index in [1.165, 1.54) is 6.92 Å². The van der Waals surface area contributed by atoms with Gasteiger partial charge >= 0.3 is 23.9 Å². The van der Waals surface area contributed by atoms with E-state index in [-0.39, 0.29) is 13.0 Å². The van der Waals surface area contributed by atoms with E-state index in [2.05, 4.69) is 0 Å². The molecule has 1 heterocycles. The van der Waals surface area contributed by atoms with Crippen LogP contribution in [0.1, 0.15) is 60.3 Å². The lowest BCUT2D eigenvalue weighted by Gasteiger charge is -2.48. The first-order valence-corrected chi connectivity index (χ1v) is 9.55. The van der Waals surface area contributed by atoms with Gasteiger partial charge in [-0.2, -0.15) is 0 Å². The zero-order valence-corrected chi connectivity index (χ0v) is 17.5. The molecule has 1 unspecified atom stereocenters. The minimum Gasteiger partial charge on any atom is -0.463 e. The highest BCUT2D eigenvalue weighted by molar-refractivity contribution is 5.68. The van der Waals surface area contributed by atoms with E-state index in [9.17, 15) is 24.3 Å². The SMILES string of the molecule is CCCCCC1(O)O[C@H](COC(C)=O)[C@@H](OC(C)=O)[C@H](OC(C)=O)[C@@H]1OC(C)=O. The summed E-state index contributed by atoms with van der Waals surface area (Å²) in [5.74, 6) is -4.86. The zero-order chi connectivity index (χ0) is 22.2. The summed E-state index contributed by atoms with van der Waals surface area (Å²) in [6, 6.07) is 0. The second kappa shape index (κ2) is 11.1. The Morgan fingerprint density at radius 3 is 1.90 bits per heavy atom. The number of unbranched alkanes of at least 4 members (excludes halogenated alkanes) is 2. The summed E-state index contributed by atoms with van der Waals surface area (Å²) < 4.78 is 26.5. The van der Waals surface area contributed by atoms with Gasteiger partial charge in [0.1, 0.15) is 12.7 Å². The second-order valence-electron chi connectivity index (χ2n) is 6.94. The average Bonchev–Trinajstić information content (AvgIpc) is 2.58. The van der Waals surface area contributed by atoms with Crippen molar-refractivity contribution in [2.24, 2.45) is 0 Å². The highest BCUT2D eigenvalue weighted by Gasteiger charge is 2.59. The van der Waals surface area contributed by atoms with Gasteiger partial charge in [-0.3, -0.25) is 19.2 Å². The lowest BCUT2D eigenvalue weighted by Crippen LogP contribution is -2.68. The molecule has 5 atom stereocenters. The standard InChI is InChI=1S/C19H30O10/c1-6-7-8-9-19(24)18(28-14(5)23)17(27-13(4)22)16(26-12(3)21)15(29-19)10-25-11(2)20/h15-18,24H,6-10H2,1-5H3/t15-,16-,17+,18+,19?/m1/s1. The molecule has 0 aromatic carbocycles. The van der Waals surface area contributed by atoms with Crippen LogP contribution in [0.15, 0.2) is 0 Å². The summed E-state index contributed by atoms with van der Waals surface area (Å²) >= 11 is 0. The van der Waals surface area contributed by atoms with Gasteiger partial charge in [0.15, 0.2) is 18.3 Å². The lowest BCUT2D eigenvalue weighted by atomic mass is 9.88. The van der Waals surface area contributed by atoms with E-state index in [4.69, 9.17) is 23.7 Å². The number of carbonyl (C=O) groups excluding carboxylic acids is 4. The van der Waals surface area contributed by atoms with Crippen molar-refractivity contribution in [1.82, 2.24) is 0 Å². The van der Waals surface area contributed by atoms with E-state index in [1.54, 1.807) is 0 Å². The van der Waals surface area contributed by atoms with Crippen LogP contribution in [0.25, 0.3) is 0 Å². The number of hydrogen-bond donors (Lipinski definition) is 1. The summed E-state index contributed by atoms with van der Waals surface area (Å²) in [5, 5.41) is 11.2. The van der Waals surface area contributed by atoms with Crippen molar-refractivity contribution in [1.29, 1.82) is 0 Å². The molecule has 0 aromatic rings. The molecule has 1 aliphatic rings. The molecular formula is C19H30O10. The van der Waals surface area contributed by atoms with Crippen LogP contribution in [0.5, 0.6) is 0 Å². The number of ether oxygens (including phenoxy) is 5. The molecular weight excluding hydrogens is 388 g/mol. The van der Waals surface area contributed by atoms with Crippen molar-refractivity contribution in [2.45, 2.75) is 90.5 Å². The van der Waals surface area contributed by atoms with Gasteiger partial charge in [-0.25, -0.2) is 0 Å². The van der Waals surface area contributed by atoms with E-state index < -0.39 is 54.1 Å². The molecule has 10 nitrogen and oxygen atoms in total. The third-order valence-corrected chi connectivity index (χ3v) is 4.28. The molecule has 1 N–H and O–H groups in total. The fourth-order valence-corrected chi connectivity index (χ4v) is 3.19. The van der Waals surface area contributed by atoms with Gasteiger partial charge in [-0.1, -0.05) is 19.8 Å². The molecule has 0 amide bonds. The minimum absolute atomic E-state index is 0.0555. The molecule has 0 radical (unpaired) electrons. The van der Waals surface area contributed by atoms with Crippen molar-refractivity contribution in [3.05, 3.63) is 0 Å². The molecule has 0 aromatic heterocycles. The van der Waals surface area contributed by atoms with Crippen LogP contribution >= 0.6 is 0 Å². The summed E-state index contributed by atoms with van der Waals surface area (Å²) in [5.41, 5.74) is 0. The van der Waals surface area contributed by atoms with Crippen LogP contribution in [0.3, 0.4) is 0 Å². The first-order chi connectivity index (χ1) is 13.5. The lowest BCUT2D eigenvalue weighted by molar-refractivity contribution is -0.354. The van der Waals surface area contributed by atoms with E-state index >= 15 is 0 Å². The predicted octanol–water partition coefficient (Wildman–Crippen LogP) is 1.01. The third kappa shape index (κ3) is 7.62. The zero-order valence-electron chi connectivity index (χ0n) is 17.5. The quantitative estimate of drug-likeness (QED) is 0.328. The van der Waals surface area contributed by atoms with Gasteiger partial charge in [-0.05, 0) is 6.42 Å². The van der Waals surface area contributed by atoms with Gasteiger partial charge < -0.3 is 28.8 Å². The molecule has 0 aliphatic carbocycles. The molecule has 1 fully saturated rings. The highest BCUT2D eigenvalue weighted by Crippen LogP contribution is 2.37. The molecule has 1 rings (SSSR count). The highest BCUT2D eigenvalue weighted by atomic mass is 16.7. The molecule has 10 heteroatoms. The predicted molar refractivity (Wildman–Crippen MR) is 97.3 cm³/mol. The Bertz CT molecular complexity index is 604. The fraction of sp³-hybridized carbons (Fsp3) is 0.789. The van der Waals surface area contributed by atoms with Crippen molar-refractivity contribution < 1.29 is 48.0 Å². The van der Waals surface area contributed by atoms with Crippen molar-refractivity contribution in [2.75, 3.05) is 6.61 Å². The van der Waals surface area contributed by atoms with E-state index in [0.717, 1.165) is 33.6 Å². The maximum absolute atomic E-state index is 11.7. The van der Waals surface area contributed by atoms with Gasteiger partial charge in [0, 0.05) is 34.1 Å². The van der Waals surface area contributed by atoms with Gasteiger partial charge in [0.05, 0.1) is 0 Å². The molecule has 1 aliphatic heterocycles. The van der Waals surface area contributed by atoms with Crippen LogP contribution in [-0.2, 0) is 42.9 Å². The summed E-state index contributed by atoms with van der Waals surface area (Å²) in [6.45, 7) is 6.18. The first kappa shape index (κ1) is 24.8. The van der Waals surface area contributed by atoms with Gasteiger partial charge in [-0.15, -0.1) is 0 Å². The number of esters is 4. The maximum atomic E-state index is 11.7. The Morgan fingerprint density at radius 1 is 0.862 bits per heavy atom. The fourth-order valence-electron chi connectivity index (χ4n) is 3.19. The molecule has 0 bridgehead atoms. The van der Waals surface area contributed by atoms with Crippen molar-refractivity contribution >= 4 is 23.9 Å². The molecule has 0 saturated carbocycles. The number of hydrogen-bond acceptors (Lipinski definition) is 10. The number of aliphatic hydroxyl groups is 1. The van der Waals surface area contributed by atoms with Gasteiger partial charge in [0.25, 0.3) is 0 Å². The van der Waals surface area contributed by atoms with Crippen LogP contribution in [0.4, 0.5) is 0 Å². The average molecular weight is 418 g/mol. The Kier molecular flexibility index (Phi) is 9.51. The second-order valence-corrected chi connectivity index (χ2v) is 6.94. The topological polar surface area (TPSA) is 135 Å².